The van der Waals surface area contributed by atoms with E-state index in [4.69, 9.17) is 4.98 Å². The standard InChI is InChI=1S/C22H24FN3OS/c1-25(13-16-6-4-8-18(23)12-16)15-21(27)26-11-5-7-17(14-26)22-24-19-9-2-3-10-20(19)28-22/h2-4,6,8-10,12,17H,5,7,11,13-15H2,1H3/p+1/t17-/m1/s1. The highest BCUT2D eigenvalue weighted by Gasteiger charge is 2.28. The summed E-state index contributed by atoms with van der Waals surface area (Å²) in [5, 5.41) is 1.14. The highest BCUT2D eigenvalue weighted by molar-refractivity contribution is 7.18. The largest absolute Gasteiger partial charge is 0.337 e. The van der Waals surface area contributed by atoms with Gasteiger partial charge in [-0.1, -0.05) is 24.3 Å². The molecule has 1 aliphatic heterocycles. The molecule has 2 heterocycles. The van der Waals surface area contributed by atoms with Gasteiger partial charge in [-0.05, 0) is 37.1 Å². The second kappa shape index (κ2) is 8.37. The number of amides is 1. The van der Waals surface area contributed by atoms with Crippen LogP contribution in [0.15, 0.2) is 48.5 Å². The summed E-state index contributed by atoms with van der Waals surface area (Å²) in [5.41, 5.74) is 1.96. The van der Waals surface area contributed by atoms with Crippen molar-refractivity contribution in [1.82, 2.24) is 9.88 Å². The third-order valence-corrected chi connectivity index (χ3v) is 6.48. The normalized spacial score (nSPS) is 18.4. The highest BCUT2D eigenvalue weighted by Crippen LogP contribution is 2.32. The number of likely N-dealkylation sites (N-methyl/N-ethyl adjacent to an activating group) is 1. The van der Waals surface area contributed by atoms with E-state index in [9.17, 15) is 9.18 Å². The predicted molar refractivity (Wildman–Crippen MR) is 110 cm³/mol. The van der Waals surface area contributed by atoms with Crippen molar-refractivity contribution in [3.63, 3.8) is 0 Å². The Morgan fingerprint density at radius 3 is 2.96 bits per heavy atom. The van der Waals surface area contributed by atoms with E-state index >= 15 is 0 Å². The molecule has 3 aromatic rings. The number of thiazole rings is 1. The van der Waals surface area contributed by atoms with Crippen molar-refractivity contribution in [1.29, 1.82) is 0 Å². The van der Waals surface area contributed by atoms with Crippen molar-refractivity contribution in [3.05, 3.63) is 64.9 Å². The fraction of sp³-hybridized carbons (Fsp3) is 0.364. The van der Waals surface area contributed by atoms with Crippen molar-refractivity contribution in [2.75, 3.05) is 26.7 Å². The minimum absolute atomic E-state index is 0.166. The SMILES string of the molecule is C[NH+](CC(=O)N1CCC[C@@H](c2nc3ccccc3s2)C1)Cc1cccc(F)c1. The topological polar surface area (TPSA) is 37.6 Å². The van der Waals surface area contributed by atoms with E-state index in [1.165, 1.54) is 16.8 Å². The van der Waals surface area contributed by atoms with Gasteiger partial charge < -0.3 is 9.80 Å². The zero-order valence-corrected chi connectivity index (χ0v) is 16.8. The maximum Gasteiger partial charge on any atom is 0.277 e. The van der Waals surface area contributed by atoms with E-state index in [0.29, 0.717) is 19.0 Å². The molecule has 0 bridgehead atoms. The van der Waals surface area contributed by atoms with Crippen LogP contribution in [0.25, 0.3) is 10.2 Å². The first-order valence-corrected chi connectivity index (χ1v) is 10.6. The number of quaternary nitrogens is 1. The second-order valence-corrected chi connectivity index (χ2v) is 8.70. The summed E-state index contributed by atoms with van der Waals surface area (Å²) in [6, 6.07) is 14.8. The zero-order chi connectivity index (χ0) is 19.5. The van der Waals surface area contributed by atoms with Crippen LogP contribution >= 0.6 is 11.3 Å². The number of benzene rings is 2. The fourth-order valence-electron chi connectivity index (χ4n) is 3.90. The number of carbonyl (C=O) groups is 1. The van der Waals surface area contributed by atoms with Gasteiger partial charge in [-0.2, -0.15) is 0 Å². The molecule has 1 unspecified atom stereocenters. The molecule has 0 spiro atoms. The van der Waals surface area contributed by atoms with Crippen LogP contribution in [0, 0.1) is 5.82 Å². The minimum atomic E-state index is -0.230. The maximum atomic E-state index is 13.4. The molecule has 1 fully saturated rings. The van der Waals surface area contributed by atoms with Crippen LogP contribution in [0.5, 0.6) is 0 Å². The molecular formula is C22H25FN3OS+. The molecule has 0 saturated carbocycles. The zero-order valence-electron chi connectivity index (χ0n) is 16.0. The summed E-state index contributed by atoms with van der Waals surface area (Å²) in [4.78, 5) is 20.7. The highest BCUT2D eigenvalue weighted by atomic mass is 32.1. The lowest BCUT2D eigenvalue weighted by molar-refractivity contribution is -0.885. The Morgan fingerprint density at radius 1 is 1.29 bits per heavy atom. The van der Waals surface area contributed by atoms with E-state index in [1.807, 2.05) is 36.2 Å². The average Bonchev–Trinajstić information content (AvgIpc) is 3.12. The third kappa shape index (κ3) is 4.39. The first-order chi connectivity index (χ1) is 13.6. The van der Waals surface area contributed by atoms with E-state index in [1.54, 1.807) is 17.4 Å². The Bertz CT molecular complexity index is 940. The summed E-state index contributed by atoms with van der Waals surface area (Å²) in [5.74, 6) is 0.254. The number of aromatic nitrogens is 1. The van der Waals surface area contributed by atoms with Crippen molar-refractivity contribution < 1.29 is 14.1 Å². The number of likely N-dealkylation sites (tertiary alicyclic amines) is 1. The summed E-state index contributed by atoms with van der Waals surface area (Å²) in [6.45, 7) is 2.61. The first-order valence-electron chi connectivity index (χ1n) is 9.77. The number of halogens is 1. The molecular weight excluding hydrogens is 373 g/mol. The van der Waals surface area contributed by atoms with Crippen molar-refractivity contribution >= 4 is 27.5 Å². The number of fused-ring (bicyclic) bond motifs is 1. The number of carbonyl (C=O) groups excluding carboxylic acids is 1. The molecule has 4 nitrogen and oxygen atoms in total. The molecule has 1 saturated heterocycles. The van der Waals surface area contributed by atoms with Gasteiger partial charge in [0.25, 0.3) is 5.91 Å². The summed E-state index contributed by atoms with van der Waals surface area (Å²) >= 11 is 1.74. The number of nitrogens with zero attached hydrogens (tertiary/aromatic N) is 2. The molecule has 28 heavy (non-hydrogen) atoms. The van der Waals surface area contributed by atoms with Crippen molar-refractivity contribution in [2.45, 2.75) is 25.3 Å². The van der Waals surface area contributed by atoms with Crippen LogP contribution < -0.4 is 4.90 Å². The molecule has 146 valence electrons. The molecule has 4 rings (SSSR count). The fourth-order valence-corrected chi connectivity index (χ4v) is 4.99. The van der Waals surface area contributed by atoms with Gasteiger partial charge in [0.05, 0.1) is 22.3 Å². The lowest BCUT2D eigenvalue weighted by Crippen LogP contribution is -3.08. The number of hydrogen-bond acceptors (Lipinski definition) is 3. The summed E-state index contributed by atoms with van der Waals surface area (Å²) < 4.78 is 14.6. The quantitative estimate of drug-likeness (QED) is 0.718. The van der Waals surface area contributed by atoms with Crippen LogP contribution in [-0.4, -0.2) is 42.5 Å². The van der Waals surface area contributed by atoms with Gasteiger partial charge in [0.15, 0.2) is 6.54 Å². The number of hydrogen-bond donors (Lipinski definition) is 1. The smallest absolute Gasteiger partial charge is 0.277 e. The van der Waals surface area contributed by atoms with E-state index in [2.05, 4.69) is 6.07 Å². The Balaban J connectivity index is 1.37. The van der Waals surface area contributed by atoms with Crippen molar-refractivity contribution in [2.24, 2.45) is 0 Å². The molecule has 1 aromatic heterocycles. The molecule has 2 aromatic carbocycles. The third-order valence-electron chi connectivity index (χ3n) is 5.28. The molecule has 1 aliphatic rings. The van der Waals surface area contributed by atoms with Gasteiger partial charge in [0.1, 0.15) is 12.4 Å². The van der Waals surface area contributed by atoms with E-state index in [0.717, 1.165) is 46.9 Å². The maximum absolute atomic E-state index is 13.4. The van der Waals surface area contributed by atoms with Crippen molar-refractivity contribution in [3.8, 4) is 0 Å². The first kappa shape index (κ1) is 19.0. The number of piperidine rings is 1. The van der Waals surface area contributed by atoms with Crippen LogP contribution in [-0.2, 0) is 11.3 Å². The van der Waals surface area contributed by atoms with Gasteiger partial charge in [-0.15, -0.1) is 11.3 Å². The van der Waals surface area contributed by atoms with Gasteiger partial charge in [0, 0.05) is 24.6 Å². The van der Waals surface area contributed by atoms with E-state index < -0.39 is 0 Å². The molecule has 6 heteroatoms. The number of rotatable bonds is 5. The molecule has 0 radical (unpaired) electrons. The second-order valence-electron chi connectivity index (χ2n) is 7.64. The van der Waals surface area contributed by atoms with Crippen LogP contribution in [0.3, 0.4) is 0 Å². The van der Waals surface area contributed by atoms with Crippen LogP contribution in [0.4, 0.5) is 4.39 Å². The minimum Gasteiger partial charge on any atom is -0.337 e. The Kier molecular flexibility index (Phi) is 5.69. The average molecular weight is 399 g/mol. The Morgan fingerprint density at radius 2 is 2.14 bits per heavy atom. The monoisotopic (exact) mass is 398 g/mol. The predicted octanol–water partition coefficient (Wildman–Crippen LogP) is 2.86. The molecule has 1 N–H and O–H groups in total. The number of nitrogens with one attached hydrogen (secondary N) is 1. The summed E-state index contributed by atoms with van der Waals surface area (Å²) in [6.07, 6.45) is 2.09. The van der Waals surface area contributed by atoms with Gasteiger partial charge >= 0.3 is 0 Å². The van der Waals surface area contributed by atoms with E-state index in [-0.39, 0.29) is 11.7 Å². The molecule has 1 amide bonds. The van der Waals surface area contributed by atoms with Crippen LogP contribution in [0.1, 0.15) is 29.3 Å². The lowest BCUT2D eigenvalue weighted by atomic mass is 9.98. The molecule has 2 atom stereocenters. The Labute approximate surface area is 168 Å². The van der Waals surface area contributed by atoms with Gasteiger partial charge in [-0.3, -0.25) is 4.79 Å². The van der Waals surface area contributed by atoms with Gasteiger partial charge in [-0.25, -0.2) is 9.37 Å². The number of para-hydroxylation sites is 1. The van der Waals surface area contributed by atoms with Crippen LogP contribution in [0.2, 0.25) is 0 Å². The summed E-state index contributed by atoms with van der Waals surface area (Å²) in [7, 11) is 1.98. The lowest BCUT2D eigenvalue weighted by Gasteiger charge is -2.32. The molecule has 0 aliphatic carbocycles. The Hall–Kier alpha value is -2.31. The van der Waals surface area contributed by atoms with Gasteiger partial charge in [0.2, 0.25) is 0 Å².